The fourth-order valence-electron chi connectivity index (χ4n) is 1.98. The summed E-state index contributed by atoms with van der Waals surface area (Å²) < 4.78 is 15.4. The molecule has 19 heavy (non-hydrogen) atoms. The molecule has 96 valence electrons. The van der Waals surface area contributed by atoms with Crippen LogP contribution in [0.5, 0.6) is 0 Å². The van der Waals surface area contributed by atoms with Gasteiger partial charge in [-0.2, -0.15) is 0 Å². The first-order valence-corrected chi connectivity index (χ1v) is 6.88. The SMILES string of the molecule is Cc1cc(I)ccc1Nc1ccc2[nH]cnc2c1F. The Morgan fingerprint density at radius 1 is 1.21 bits per heavy atom. The summed E-state index contributed by atoms with van der Waals surface area (Å²) in [6.07, 6.45) is 1.49. The van der Waals surface area contributed by atoms with Gasteiger partial charge < -0.3 is 10.3 Å². The van der Waals surface area contributed by atoms with Crippen LogP contribution in [0.4, 0.5) is 15.8 Å². The number of nitrogens with zero attached hydrogens (tertiary/aromatic N) is 1. The van der Waals surface area contributed by atoms with Gasteiger partial charge in [0.05, 0.1) is 17.5 Å². The molecule has 3 aromatic rings. The Kier molecular flexibility index (Phi) is 3.14. The zero-order valence-electron chi connectivity index (χ0n) is 10.2. The molecule has 0 unspecified atom stereocenters. The van der Waals surface area contributed by atoms with Gasteiger partial charge in [-0.3, -0.25) is 0 Å². The van der Waals surface area contributed by atoms with Crippen LogP contribution in [0.3, 0.4) is 0 Å². The number of hydrogen-bond donors (Lipinski definition) is 2. The summed E-state index contributed by atoms with van der Waals surface area (Å²) in [5, 5.41) is 3.12. The molecule has 0 aliphatic carbocycles. The smallest absolute Gasteiger partial charge is 0.174 e. The van der Waals surface area contributed by atoms with Gasteiger partial charge in [-0.15, -0.1) is 0 Å². The Morgan fingerprint density at radius 3 is 2.79 bits per heavy atom. The number of benzene rings is 2. The lowest BCUT2D eigenvalue weighted by Crippen LogP contribution is -1.97. The summed E-state index contributed by atoms with van der Waals surface area (Å²) in [7, 11) is 0. The van der Waals surface area contributed by atoms with E-state index in [1.807, 2.05) is 31.2 Å². The van der Waals surface area contributed by atoms with Crippen molar-refractivity contribution >= 4 is 45.0 Å². The van der Waals surface area contributed by atoms with Crippen molar-refractivity contribution in [2.24, 2.45) is 0 Å². The molecule has 2 N–H and O–H groups in total. The van der Waals surface area contributed by atoms with Gasteiger partial charge >= 0.3 is 0 Å². The number of aromatic amines is 1. The lowest BCUT2D eigenvalue weighted by Gasteiger charge is -2.11. The number of halogens is 2. The van der Waals surface area contributed by atoms with Crippen molar-refractivity contribution < 1.29 is 4.39 Å². The Labute approximate surface area is 123 Å². The highest BCUT2D eigenvalue weighted by Gasteiger charge is 2.10. The molecule has 3 rings (SSSR count). The van der Waals surface area contributed by atoms with Crippen LogP contribution in [0.2, 0.25) is 0 Å². The molecule has 0 amide bonds. The summed E-state index contributed by atoms with van der Waals surface area (Å²) >= 11 is 2.25. The highest BCUT2D eigenvalue weighted by Crippen LogP contribution is 2.27. The molecule has 0 aliphatic rings. The van der Waals surface area contributed by atoms with Crippen molar-refractivity contribution in [3.8, 4) is 0 Å². The second-order valence-corrected chi connectivity index (χ2v) is 5.56. The molecular weight excluding hydrogens is 356 g/mol. The molecule has 2 aromatic carbocycles. The summed E-state index contributed by atoms with van der Waals surface area (Å²) in [6, 6.07) is 9.52. The van der Waals surface area contributed by atoms with E-state index in [1.165, 1.54) is 6.33 Å². The van der Waals surface area contributed by atoms with E-state index in [1.54, 1.807) is 6.07 Å². The average Bonchev–Trinajstić information content (AvgIpc) is 2.85. The molecule has 0 spiro atoms. The number of rotatable bonds is 2. The van der Waals surface area contributed by atoms with Crippen molar-refractivity contribution in [1.82, 2.24) is 9.97 Å². The van der Waals surface area contributed by atoms with Crippen LogP contribution < -0.4 is 5.32 Å². The lowest BCUT2D eigenvalue weighted by molar-refractivity contribution is 0.641. The van der Waals surface area contributed by atoms with E-state index in [-0.39, 0.29) is 5.82 Å². The fourth-order valence-corrected chi connectivity index (χ4v) is 2.63. The Morgan fingerprint density at radius 2 is 2.00 bits per heavy atom. The van der Waals surface area contributed by atoms with Crippen LogP contribution in [-0.2, 0) is 0 Å². The first-order valence-electron chi connectivity index (χ1n) is 5.80. The number of H-pyrrole nitrogens is 1. The molecule has 0 atom stereocenters. The largest absolute Gasteiger partial charge is 0.353 e. The van der Waals surface area contributed by atoms with Crippen molar-refractivity contribution in [3.63, 3.8) is 0 Å². The van der Waals surface area contributed by atoms with Crippen molar-refractivity contribution in [2.45, 2.75) is 6.92 Å². The summed E-state index contributed by atoms with van der Waals surface area (Å²) in [5.41, 5.74) is 3.46. The molecule has 3 nitrogen and oxygen atoms in total. The summed E-state index contributed by atoms with van der Waals surface area (Å²) in [6.45, 7) is 2.00. The Balaban J connectivity index is 2.03. The molecule has 0 saturated heterocycles. The highest BCUT2D eigenvalue weighted by atomic mass is 127. The van der Waals surface area contributed by atoms with Gasteiger partial charge in [-0.1, -0.05) is 0 Å². The second kappa shape index (κ2) is 4.80. The molecule has 1 aromatic heterocycles. The van der Waals surface area contributed by atoms with Gasteiger partial charge in [0.25, 0.3) is 0 Å². The van der Waals surface area contributed by atoms with Crippen molar-refractivity contribution in [1.29, 1.82) is 0 Å². The normalized spacial score (nSPS) is 10.9. The topological polar surface area (TPSA) is 40.7 Å². The van der Waals surface area contributed by atoms with Crippen LogP contribution in [-0.4, -0.2) is 9.97 Å². The minimum absolute atomic E-state index is 0.336. The third-order valence-electron chi connectivity index (χ3n) is 2.99. The van der Waals surface area contributed by atoms with E-state index in [2.05, 4.69) is 37.9 Å². The fraction of sp³-hybridized carbons (Fsp3) is 0.0714. The molecule has 0 aliphatic heterocycles. The number of imidazole rings is 1. The van der Waals surface area contributed by atoms with Crippen LogP contribution in [0.25, 0.3) is 11.0 Å². The van der Waals surface area contributed by atoms with E-state index in [0.29, 0.717) is 16.7 Å². The Hall–Kier alpha value is -1.63. The van der Waals surface area contributed by atoms with Gasteiger partial charge in [0.2, 0.25) is 0 Å². The van der Waals surface area contributed by atoms with Gasteiger partial charge in [-0.05, 0) is 65.4 Å². The van der Waals surface area contributed by atoms with Gasteiger partial charge in [0.15, 0.2) is 5.82 Å². The van der Waals surface area contributed by atoms with E-state index in [4.69, 9.17) is 0 Å². The molecule has 0 saturated carbocycles. The first kappa shape index (κ1) is 12.4. The monoisotopic (exact) mass is 367 g/mol. The number of fused-ring (bicyclic) bond motifs is 1. The van der Waals surface area contributed by atoms with Crippen LogP contribution in [0, 0.1) is 16.3 Å². The molecule has 0 radical (unpaired) electrons. The number of anilines is 2. The van der Waals surface area contributed by atoms with E-state index >= 15 is 0 Å². The maximum Gasteiger partial charge on any atom is 0.174 e. The van der Waals surface area contributed by atoms with Crippen molar-refractivity contribution in [2.75, 3.05) is 5.32 Å². The maximum absolute atomic E-state index is 14.3. The minimum Gasteiger partial charge on any atom is -0.353 e. The predicted molar refractivity (Wildman–Crippen MR) is 83.2 cm³/mol. The van der Waals surface area contributed by atoms with Gasteiger partial charge in [0, 0.05) is 9.26 Å². The molecule has 0 bridgehead atoms. The number of aryl methyl sites for hydroxylation is 1. The molecule has 0 fully saturated rings. The third kappa shape index (κ3) is 2.30. The number of nitrogens with one attached hydrogen (secondary N) is 2. The third-order valence-corrected chi connectivity index (χ3v) is 3.66. The summed E-state index contributed by atoms with van der Waals surface area (Å²) in [5.74, 6) is -0.336. The Bertz CT molecular complexity index is 752. The second-order valence-electron chi connectivity index (χ2n) is 4.31. The number of aromatic nitrogens is 2. The van der Waals surface area contributed by atoms with E-state index in [0.717, 1.165) is 14.8 Å². The predicted octanol–water partition coefficient (Wildman–Crippen LogP) is 4.36. The number of hydrogen-bond acceptors (Lipinski definition) is 2. The molecular formula is C14H11FIN3. The van der Waals surface area contributed by atoms with Gasteiger partial charge in [-0.25, -0.2) is 9.37 Å². The molecule has 1 heterocycles. The standard InChI is InChI=1S/C14H11FIN3/c1-8-6-9(16)2-3-10(8)19-11-4-5-12-14(13(11)15)18-7-17-12/h2-7,19H,1H3,(H,17,18). The highest BCUT2D eigenvalue weighted by molar-refractivity contribution is 14.1. The first-order chi connectivity index (χ1) is 9.15. The van der Waals surface area contributed by atoms with Gasteiger partial charge in [0.1, 0.15) is 5.52 Å². The van der Waals surface area contributed by atoms with E-state index < -0.39 is 0 Å². The zero-order chi connectivity index (χ0) is 13.4. The lowest BCUT2D eigenvalue weighted by atomic mass is 10.2. The van der Waals surface area contributed by atoms with E-state index in [9.17, 15) is 4.39 Å². The maximum atomic E-state index is 14.3. The van der Waals surface area contributed by atoms with Crippen molar-refractivity contribution in [3.05, 3.63) is 51.6 Å². The molecule has 5 heteroatoms. The minimum atomic E-state index is -0.336. The zero-order valence-corrected chi connectivity index (χ0v) is 12.3. The van der Waals surface area contributed by atoms with Crippen LogP contribution in [0.1, 0.15) is 5.56 Å². The quantitative estimate of drug-likeness (QED) is 0.661. The van der Waals surface area contributed by atoms with Crippen LogP contribution >= 0.6 is 22.6 Å². The van der Waals surface area contributed by atoms with Crippen LogP contribution in [0.15, 0.2) is 36.7 Å². The average molecular weight is 367 g/mol. The summed E-state index contributed by atoms with van der Waals surface area (Å²) in [4.78, 5) is 6.88.